The maximum atomic E-state index is 5.99. The lowest BCUT2D eigenvalue weighted by molar-refractivity contribution is 0.696. The maximum absolute atomic E-state index is 5.99. The van der Waals surface area contributed by atoms with E-state index >= 15 is 0 Å². The zero-order valence-corrected chi connectivity index (χ0v) is 8.74. The van der Waals surface area contributed by atoms with Crippen molar-refractivity contribution in [1.82, 2.24) is 14.5 Å². The molecule has 0 saturated carbocycles. The largest absolute Gasteiger partial charge is 0.340 e. The van der Waals surface area contributed by atoms with E-state index in [1.807, 2.05) is 23.2 Å². The van der Waals surface area contributed by atoms with E-state index in [1.165, 1.54) is 0 Å². The summed E-state index contributed by atoms with van der Waals surface area (Å²) in [6.45, 7) is 0. The molecule has 2 heterocycles. The Labute approximate surface area is 86.4 Å². The van der Waals surface area contributed by atoms with Gasteiger partial charge in [-0.25, -0.2) is 9.97 Å². The monoisotopic (exact) mass is 208 g/mol. The van der Waals surface area contributed by atoms with Gasteiger partial charge in [-0.3, -0.25) is 0 Å². The first kappa shape index (κ1) is 9.36. The third-order valence-corrected chi connectivity index (χ3v) is 2.78. The van der Waals surface area contributed by atoms with Crippen molar-refractivity contribution in [2.24, 2.45) is 12.8 Å². The minimum Gasteiger partial charge on any atom is -0.340 e. The Morgan fingerprint density at radius 1 is 1.57 bits per heavy atom. The summed E-state index contributed by atoms with van der Waals surface area (Å²) in [5.74, 6) is 0. The predicted molar refractivity (Wildman–Crippen MR) is 56.0 cm³/mol. The van der Waals surface area contributed by atoms with Crippen molar-refractivity contribution in [3.05, 3.63) is 34.8 Å². The highest BCUT2D eigenvalue weighted by molar-refractivity contribution is 7.09. The quantitative estimate of drug-likeness (QED) is 0.822. The molecule has 0 fully saturated rings. The third kappa shape index (κ3) is 2.00. The van der Waals surface area contributed by atoms with Crippen LogP contribution in [0.25, 0.3) is 0 Å². The number of rotatable bonds is 3. The van der Waals surface area contributed by atoms with Gasteiger partial charge in [0.15, 0.2) is 0 Å². The number of aromatic nitrogens is 3. The van der Waals surface area contributed by atoms with Crippen LogP contribution in [-0.2, 0) is 13.5 Å². The van der Waals surface area contributed by atoms with Gasteiger partial charge in [-0.05, 0) is 0 Å². The summed E-state index contributed by atoms with van der Waals surface area (Å²) in [7, 11) is 1.94. The fourth-order valence-corrected chi connectivity index (χ4v) is 1.95. The molecule has 0 aliphatic carbocycles. The highest BCUT2D eigenvalue weighted by Crippen LogP contribution is 2.15. The normalized spacial score (nSPS) is 13.0. The molecule has 1 atom stereocenters. The van der Waals surface area contributed by atoms with Crippen LogP contribution in [0.5, 0.6) is 0 Å². The Balaban J connectivity index is 2.06. The van der Waals surface area contributed by atoms with E-state index < -0.39 is 0 Å². The summed E-state index contributed by atoms with van der Waals surface area (Å²) >= 11 is 1.63. The molecule has 0 aromatic carbocycles. The Kier molecular flexibility index (Phi) is 2.60. The van der Waals surface area contributed by atoms with Crippen LogP contribution in [0.4, 0.5) is 0 Å². The van der Waals surface area contributed by atoms with Crippen LogP contribution in [0.15, 0.2) is 24.1 Å². The van der Waals surface area contributed by atoms with E-state index in [9.17, 15) is 0 Å². The van der Waals surface area contributed by atoms with E-state index in [0.717, 1.165) is 17.1 Å². The lowest BCUT2D eigenvalue weighted by Gasteiger charge is -2.05. The highest BCUT2D eigenvalue weighted by Gasteiger charge is 2.10. The molecule has 2 rings (SSSR count). The number of nitrogens with zero attached hydrogens (tertiary/aromatic N) is 3. The fraction of sp³-hybridized carbons (Fsp3) is 0.333. The van der Waals surface area contributed by atoms with Crippen molar-refractivity contribution in [1.29, 1.82) is 0 Å². The van der Waals surface area contributed by atoms with E-state index in [1.54, 1.807) is 23.9 Å². The molecule has 5 heteroatoms. The molecule has 0 bridgehead atoms. The molecule has 14 heavy (non-hydrogen) atoms. The number of nitrogens with two attached hydrogens (primary N) is 1. The summed E-state index contributed by atoms with van der Waals surface area (Å²) in [6, 6.07) is -0.0534. The molecule has 2 aromatic heterocycles. The molecular weight excluding hydrogens is 196 g/mol. The SMILES string of the molecule is Cn1cnc(C(N)Cc2nccs2)c1. The van der Waals surface area contributed by atoms with E-state index in [-0.39, 0.29) is 6.04 Å². The highest BCUT2D eigenvalue weighted by atomic mass is 32.1. The van der Waals surface area contributed by atoms with Crippen molar-refractivity contribution in [3.8, 4) is 0 Å². The molecule has 2 N–H and O–H groups in total. The van der Waals surface area contributed by atoms with Crippen LogP contribution in [0, 0.1) is 0 Å². The number of thiazole rings is 1. The number of aryl methyl sites for hydroxylation is 1. The van der Waals surface area contributed by atoms with E-state index in [2.05, 4.69) is 9.97 Å². The minimum absolute atomic E-state index is 0.0534. The Hall–Kier alpha value is -1.20. The van der Waals surface area contributed by atoms with Gasteiger partial charge < -0.3 is 10.3 Å². The van der Waals surface area contributed by atoms with Crippen molar-refractivity contribution >= 4 is 11.3 Å². The van der Waals surface area contributed by atoms with Gasteiger partial charge in [-0.15, -0.1) is 11.3 Å². The molecular formula is C9H12N4S. The van der Waals surface area contributed by atoms with Crippen LogP contribution in [-0.4, -0.2) is 14.5 Å². The van der Waals surface area contributed by atoms with Gasteiger partial charge >= 0.3 is 0 Å². The lowest BCUT2D eigenvalue weighted by atomic mass is 10.2. The van der Waals surface area contributed by atoms with Crippen molar-refractivity contribution in [2.45, 2.75) is 12.5 Å². The topological polar surface area (TPSA) is 56.7 Å². The molecule has 4 nitrogen and oxygen atoms in total. The lowest BCUT2D eigenvalue weighted by Crippen LogP contribution is -2.13. The smallest absolute Gasteiger partial charge is 0.0947 e. The second kappa shape index (κ2) is 3.89. The van der Waals surface area contributed by atoms with Gasteiger partial charge in [0.1, 0.15) is 0 Å². The molecule has 0 amide bonds. The van der Waals surface area contributed by atoms with Gasteiger partial charge in [0.25, 0.3) is 0 Å². The maximum Gasteiger partial charge on any atom is 0.0947 e. The van der Waals surface area contributed by atoms with Crippen molar-refractivity contribution in [3.63, 3.8) is 0 Å². The van der Waals surface area contributed by atoms with Crippen LogP contribution in [0.3, 0.4) is 0 Å². The van der Waals surface area contributed by atoms with E-state index in [4.69, 9.17) is 5.73 Å². The summed E-state index contributed by atoms with van der Waals surface area (Å²) < 4.78 is 1.90. The van der Waals surface area contributed by atoms with Gasteiger partial charge in [-0.2, -0.15) is 0 Å². The molecule has 74 valence electrons. The minimum atomic E-state index is -0.0534. The van der Waals surface area contributed by atoms with Gasteiger partial charge in [0.05, 0.1) is 23.1 Å². The molecule has 0 saturated heterocycles. The second-order valence-electron chi connectivity index (χ2n) is 3.20. The van der Waals surface area contributed by atoms with Crippen LogP contribution in [0.2, 0.25) is 0 Å². The van der Waals surface area contributed by atoms with Crippen LogP contribution >= 0.6 is 11.3 Å². The molecule has 0 aliphatic rings. The summed E-state index contributed by atoms with van der Waals surface area (Å²) in [6.07, 6.45) is 6.26. The molecule has 0 aliphatic heterocycles. The van der Waals surface area contributed by atoms with Crippen LogP contribution < -0.4 is 5.73 Å². The first-order valence-corrected chi connectivity index (χ1v) is 5.25. The summed E-state index contributed by atoms with van der Waals surface area (Å²) in [5, 5.41) is 3.02. The number of imidazole rings is 1. The Morgan fingerprint density at radius 2 is 2.43 bits per heavy atom. The molecule has 2 aromatic rings. The first-order valence-electron chi connectivity index (χ1n) is 4.37. The van der Waals surface area contributed by atoms with Gasteiger partial charge in [0.2, 0.25) is 0 Å². The summed E-state index contributed by atoms with van der Waals surface area (Å²) in [5.41, 5.74) is 6.91. The first-order chi connectivity index (χ1) is 6.75. The van der Waals surface area contributed by atoms with Crippen LogP contribution in [0.1, 0.15) is 16.7 Å². The van der Waals surface area contributed by atoms with Gasteiger partial charge in [0, 0.05) is 31.2 Å². The molecule has 0 spiro atoms. The zero-order chi connectivity index (χ0) is 9.97. The Morgan fingerprint density at radius 3 is 3.00 bits per heavy atom. The molecule has 1 unspecified atom stereocenters. The average molecular weight is 208 g/mol. The predicted octanol–water partition coefficient (Wildman–Crippen LogP) is 1.12. The van der Waals surface area contributed by atoms with Crippen molar-refractivity contribution in [2.75, 3.05) is 0 Å². The zero-order valence-electron chi connectivity index (χ0n) is 7.92. The second-order valence-corrected chi connectivity index (χ2v) is 4.18. The van der Waals surface area contributed by atoms with Gasteiger partial charge in [-0.1, -0.05) is 0 Å². The molecule has 0 radical (unpaired) electrons. The average Bonchev–Trinajstić information content (AvgIpc) is 2.75. The number of hydrogen-bond acceptors (Lipinski definition) is 4. The standard InChI is InChI=1S/C9H12N4S/c1-13-5-8(12-6-13)7(10)4-9-11-2-3-14-9/h2-3,5-7H,4,10H2,1H3. The summed E-state index contributed by atoms with van der Waals surface area (Å²) in [4.78, 5) is 8.40. The fourth-order valence-electron chi connectivity index (χ4n) is 1.27. The van der Waals surface area contributed by atoms with E-state index in [0.29, 0.717) is 0 Å². The third-order valence-electron chi connectivity index (χ3n) is 1.98. The Bertz CT molecular complexity index is 393. The number of hydrogen-bond donors (Lipinski definition) is 1. The van der Waals surface area contributed by atoms with Crippen molar-refractivity contribution < 1.29 is 0 Å².